The number of rotatable bonds is 10. The predicted octanol–water partition coefficient (Wildman–Crippen LogP) is 2.62. The summed E-state index contributed by atoms with van der Waals surface area (Å²) in [6, 6.07) is 7.56. The SMILES string of the molecule is C=CCO[C@@H]1[C@@H]2OC(C)(C)O[C@@H]2[C@@H](OCC=C)[C@H](O)[C@H]1OCc1ccc(OC)cc1. The Kier molecular flexibility index (Phi) is 7.68. The molecule has 7 heteroatoms. The Bertz CT molecular complexity index is 702. The monoisotopic (exact) mass is 420 g/mol. The molecule has 0 spiro atoms. The van der Waals surface area contributed by atoms with E-state index in [1.807, 2.05) is 38.1 Å². The fourth-order valence-electron chi connectivity index (χ4n) is 3.94. The number of aliphatic hydroxyl groups excluding tert-OH is 1. The third-order valence-corrected chi connectivity index (χ3v) is 5.22. The lowest BCUT2D eigenvalue weighted by atomic mass is 9.84. The van der Waals surface area contributed by atoms with E-state index in [4.69, 9.17) is 28.4 Å². The molecule has 0 aromatic heterocycles. The summed E-state index contributed by atoms with van der Waals surface area (Å²) in [6.07, 6.45) is -0.507. The zero-order valence-corrected chi connectivity index (χ0v) is 17.9. The zero-order chi connectivity index (χ0) is 21.7. The maximum Gasteiger partial charge on any atom is 0.164 e. The molecule has 7 nitrogen and oxygen atoms in total. The molecule has 1 aromatic rings. The molecule has 2 fully saturated rings. The molecular formula is C23H32O7. The van der Waals surface area contributed by atoms with Gasteiger partial charge in [-0.2, -0.15) is 0 Å². The van der Waals surface area contributed by atoms with E-state index < -0.39 is 42.4 Å². The molecule has 0 amide bonds. The Morgan fingerprint density at radius 3 is 2.07 bits per heavy atom. The second-order valence-corrected chi connectivity index (χ2v) is 7.85. The molecule has 1 aromatic carbocycles. The van der Waals surface area contributed by atoms with Crippen LogP contribution in [0.3, 0.4) is 0 Å². The van der Waals surface area contributed by atoms with Crippen LogP contribution in [0.2, 0.25) is 0 Å². The Hall–Kier alpha value is -1.74. The molecule has 1 aliphatic heterocycles. The highest BCUT2D eigenvalue weighted by molar-refractivity contribution is 5.26. The van der Waals surface area contributed by atoms with Gasteiger partial charge >= 0.3 is 0 Å². The molecule has 1 aliphatic carbocycles. The highest BCUT2D eigenvalue weighted by Gasteiger charge is 2.59. The van der Waals surface area contributed by atoms with Crippen molar-refractivity contribution in [3.8, 4) is 5.75 Å². The van der Waals surface area contributed by atoms with Crippen molar-refractivity contribution < 1.29 is 33.5 Å². The first-order chi connectivity index (χ1) is 14.4. The molecule has 1 saturated heterocycles. The summed E-state index contributed by atoms with van der Waals surface area (Å²) in [5, 5.41) is 11.2. The Morgan fingerprint density at radius 2 is 1.50 bits per heavy atom. The van der Waals surface area contributed by atoms with E-state index in [2.05, 4.69) is 13.2 Å². The molecule has 30 heavy (non-hydrogen) atoms. The molecule has 6 atom stereocenters. The Balaban J connectivity index is 1.82. The van der Waals surface area contributed by atoms with Crippen LogP contribution in [0, 0.1) is 0 Å². The summed E-state index contributed by atoms with van der Waals surface area (Å²) in [4.78, 5) is 0. The Morgan fingerprint density at radius 1 is 0.933 bits per heavy atom. The number of fused-ring (bicyclic) bond motifs is 1. The summed E-state index contributed by atoms with van der Waals surface area (Å²) < 4.78 is 35.4. The van der Waals surface area contributed by atoms with Crippen LogP contribution in [0.15, 0.2) is 49.6 Å². The summed E-state index contributed by atoms with van der Waals surface area (Å²) >= 11 is 0. The lowest BCUT2D eigenvalue weighted by molar-refractivity contribution is -0.230. The van der Waals surface area contributed by atoms with Gasteiger partial charge in [0.25, 0.3) is 0 Å². The van der Waals surface area contributed by atoms with E-state index in [9.17, 15) is 5.11 Å². The van der Waals surface area contributed by atoms with Crippen molar-refractivity contribution in [1.82, 2.24) is 0 Å². The topological polar surface area (TPSA) is 75.6 Å². The fraction of sp³-hybridized carbons (Fsp3) is 0.565. The minimum absolute atomic E-state index is 0.276. The van der Waals surface area contributed by atoms with Crippen molar-refractivity contribution >= 4 is 0 Å². The van der Waals surface area contributed by atoms with Crippen molar-refractivity contribution in [1.29, 1.82) is 0 Å². The maximum atomic E-state index is 11.2. The molecule has 0 radical (unpaired) electrons. The van der Waals surface area contributed by atoms with Crippen molar-refractivity contribution in [2.24, 2.45) is 0 Å². The average molecular weight is 421 g/mol. The highest BCUT2D eigenvalue weighted by Crippen LogP contribution is 2.41. The van der Waals surface area contributed by atoms with Gasteiger partial charge in [0.15, 0.2) is 5.79 Å². The molecule has 3 rings (SSSR count). The van der Waals surface area contributed by atoms with Crippen LogP contribution in [-0.4, -0.2) is 67.8 Å². The lowest BCUT2D eigenvalue weighted by Crippen LogP contribution is -2.64. The van der Waals surface area contributed by atoms with Crippen LogP contribution in [0.25, 0.3) is 0 Å². The smallest absolute Gasteiger partial charge is 0.164 e. The van der Waals surface area contributed by atoms with Crippen LogP contribution >= 0.6 is 0 Å². The van der Waals surface area contributed by atoms with Crippen LogP contribution in [0.1, 0.15) is 19.4 Å². The van der Waals surface area contributed by atoms with E-state index in [0.29, 0.717) is 6.61 Å². The van der Waals surface area contributed by atoms with Gasteiger partial charge in [-0.3, -0.25) is 0 Å². The van der Waals surface area contributed by atoms with Gasteiger partial charge in [0.2, 0.25) is 0 Å². The molecule has 1 N–H and O–H groups in total. The van der Waals surface area contributed by atoms with E-state index in [1.54, 1.807) is 19.3 Å². The van der Waals surface area contributed by atoms with Crippen LogP contribution in [-0.2, 0) is 30.3 Å². The Labute approximate surface area is 178 Å². The van der Waals surface area contributed by atoms with E-state index >= 15 is 0 Å². The maximum absolute atomic E-state index is 11.2. The number of hydrogen-bond acceptors (Lipinski definition) is 7. The summed E-state index contributed by atoms with van der Waals surface area (Å²) in [6.45, 7) is 11.9. The van der Waals surface area contributed by atoms with Crippen molar-refractivity contribution in [2.45, 2.75) is 62.9 Å². The summed E-state index contributed by atoms with van der Waals surface area (Å²) in [5.74, 6) is -0.0611. The van der Waals surface area contributed by atoms with Crippen LogP contribution in [0.4, 0.5) is 0 Å². The second kappa shape index (κ2) is 10.0. The van der Waals surface area contributed by atoms with E-state index in [0.717, 1.165) is 11.3 Å². The molecule has 166 valence electrons. The van der Waals surface area contributed by atoms with Crippen LogP contribution < -0.4 is 4.74 Å². The third-order valence-electron chi connectivity index (χ3n) is 5.22. The highest BCUT2D eigenvalue weighted by atomic mass is 16.8. The van der Waals surface area contributed by atoms with Crippen LogP contribution in [0.5, 0.6) is 5.75 Å². The van der Waals surface area contributed by atoms with Gasteiger partial charge in [-0.25, -0.2) is 0 Å². The number of methoxy groups -OCH3 is 1. The van der Waals surface area contributed by atoms with Gasteiger partial charge in [0.05, 0.1) is 26.9 Å². The van der Waals surface area contributed by atoms with Gasteiger partial charge < -0.3 is 33.5 Å². The molecular weight excluding hydrogens is 388 g/mol. The zero-order valence-electron chi connectivity index (χ0n) is 17.9. The number of aliphatic hydroxyl groups is 1. The van der Waals surface area contributed by atoms with Gasteiger partial charge in [0, 0.05) is 0 Å². The standard InChI is InChI=1S/C23H32O7/c1-6-12-26-19-17(24)18(28-14-15-8-10-16(25-5)11-9-15)20(27-13-7-2)22-21(19)29-23(3,4)30-22/h6-11,17-22,24H,1-2,12-14H2,3-5H3/t17-,18-,19+,20+,21-,22+/m1/s1. The minimum Gasteiger partial charge on any atom is -0.497 e. The fourth-order valence-corrected chi connectivity index (χ4v) is 3.94. The van der Waals surface area contributed by atoms with Gasteiger partial charge in [-0.1, -0.05) is 24.3 Å². The number of hydrogen-bond donors (Lipinski definition) is 1. The normalized spacial score (nSPS) is 32.4. The first kappa shape index (κ1) is 22.9. The first-order valence-corrected chi connectivity index (χ1v) is 10.1. The summed E-state index contributed by atoms with van der Waals surface area (Å²) in [5.41, 5.74) is 0.945. The summed E-state index contributed by atoms with van der Waals surface area (Å²) in [7, 11) is 1.62. The van der Waals surface area contributed by atoms with Gasteiger partial charge in [0.1, 0.15) is 42.4 Å². The van der Waals surface area contributed by atoms with Gasteiger partial charge in [-0.15, -0.1) is 13.2 Å². The average Bonchev–Trinajstić information content (AvgIpc) is 3.06. The largest absolute Gasteiger partial charge is 0.497 e. The van der Waals surface area contributed by atoms with Gasteiger partial charge in [-0.05, 0) is 31.5 Å². The third kappa shape index (κ3) is 5.11. The van der Waals surface area contributed by atoms with Crippen molar-refractivity contribution in [3.05, 3.63) is 55.1 Å². The molecule has 0 bridgehead atoms. The molecule has 0 unspecified atom stereocenters. The molecule has 1 saturated carbocycles. The lowest BCUT2D eigenvalue weighted by Gasteiger charge is -2.44. The second-order valence-electron chi connectivity index (χ2n) is 7.85. The number of benzene rings is 1. The van der Waals surface area contributed by atoms with E-state index in [1.165, 1.54) is 0 Å². The first-order valence-electron chi connectivity index (χ1n) is 10.1. The minimum atomic E-state index is -0.975. The quantitative estimate of drug-likeness (QED) is 0.583. The predicted molar refractivity (Wildman–Crippen MR) is 111 cm³/mol. The molecule has 1 heterocycles. The number of ether oxygens (including phenoxy) is 6. The molecule has 2 aliphatic rings. The van der Waals surface area contributed by atoms with E-state index in [-0.39, 0.29) is 13.2 Å². The van der Waals surface area contributed by atoms with Crippen molar-refractivity contribution in [2.75, 3.05) is 20.3 Å². The van der Waals surface area contributed by atoms with Crippen molar-refractivity contribution in [3.63, 3.8) is 0 Å².